The molecule has 0 amide bonds. The van der Waals surface area contributed by atoms with E-state index < -0.39 is 11.9 Å². The molecule has 15 heavy (non-hydrogen) atoms. The molecule has 0 spiro atoms. The zero-order chi connectivity index (χ0) is 10.8. The number of carboxylic acids is 1. The maximum absolute atomic E-state index is 10.8. The molecular weight excluding hydrogens is 192 g/mol. The molecule has 0 radical (unpaired) electrons. The van der Waals surface area contributed by atoms with Crippen molar-refractivity contribution in [2.75, 3.05) is 6.61 Å². The van der Waals surface area contributed by atoms with E-state index >= 15 is 0 Å². The topological polar surface area (TPSA) is 46.5 Å². The standard InChI is InChI=1S/C12H14O3/c1-2-8-4-3-5-9-6-10(12(13)14)7-15-11(8)9/h3-5,10H,2,6-7H2,1H3,(H,13,14). The Labute approximate surface area is 88.7 Å². The fraction of sp³-hybridized carbons (Fsp3) is 0.417. The van der Waals surface area contributed by atoms with Crippen LogP contribution in [0, 0.1) is 5.92 Å². The van der Waals surface area contributed by atoms with E-state index in [4.69, 9.17) is 9.84 Å². The molecule has 80 valence electrons. The van der Waals surface area contributed by atoms with Gasteiger partial charge in [0.25, 0.3) is 0 Å². The number of benzene rings is 1. The van der Waals surface area contributed by atoms with Crippen LogP contribution >= 0.6 is 0 Å². The lowest BCUT2D eigenvalue weighted by atomic mass is 9.94. The smallest absolute Gasteiger partial charge is 0.310 e. The monoisotopic (exact) mass is 206 g/mol. The Morgan fingerprint density at radius 2 is 2.40 bits per heavy atom. The van der Waals surface area contributed by atoms with Gasteiger partial charge >= 0.3 is 5.97 Å². The molecule has 1 aromatic carbocycles. The van der Waals surface area contributed by atoms with Gasteiger partial charge in [0.05, 0.1) is 5.92 Å². The summed E-state index contributed by atoms with van der Waals surface area (Å²) in [6.07, 6.45) is 1.50. The highest BCUT2D eigenvalue weighted by Gasteiger charge is 2.26. The highest BCUT2D eigenvalue weighted by molar-refractivity contribution is 5.71. The molecular formula is C12H14O3. The van der Waals surface area contributed by atoms with E-state index in [9.17, 15) is 4.79 Å². The van der Waals surface area contributed by atoms with Crippen LogP contribution in [-0.2, 0) is 17.6 Å². The molecule has 1 atom stereocenters. The van der Waals surface area contributed by atoms with E-state index in [1.54, 1.807) is 0 Å². The van der Waals surface area contributed by atoms with Crippen LogP contribution < -0.4 is 4.74 Å². The summed E-state index contributed by atoms with van der Waals surface area (Å²) >= 11 is 0. The second-order valence-corrected chi connectivity index (χ2v) is 3.81. The van der Waals surface area contributed by atoms with E-state index in [0.717, 1.165) is 23.3 Å². The van der Waals surface area contributed by atoms with E-state index in [0.29, 0.717) is 13.0 Å². The molecule has 2 rings (SSSR count). The van der Waals surface area contributed by atoms with E-state index in [-0.39, 0.29) is 0 Å². The zero-order valence-corrected chi connectivity index (χ0v) is 8.69. The minimum absolute atomic E-state index is 0.291. The van der Waals surface area contributed by atoms with E-state index in [1.165, 1.54) is 0 Å². The molecule has 1 aliphatic heterocycles. The van der Waals surface area contributed by atoms with Crippen LogP contribution in [0.4, 0.5) is 0 Å². The van der Waals surface area contributed by atoms with E-state index in [1.807, 2.05) is 18.2 Å². The van der Waals surface area contributed by atoms with Crippen LogP contribution in [0.3, 0.4) is 0 Å². The summed E-state index contributed by atoms with van der Waals surface area (Å²) in [6, 6.07) is 5.94. The van der Waals surface area contributed by atoms with Crippen molar-refractivity contribution < 1.29 is 14.6 Å². The number of carbonyl (C=O) groups is 1. The molecule has 1 unspecified atom stereocenters. The molecule has 3 nitrogen and oxygen atoms in total. The first-order valence-corrected chi connectivity index (χ1v) is 5.18. The van der Waals surface area contributed by atoms with Gasteiger partial charge in [-0.3, -0.25) is 4.79 Å². The fourth-order valence-corrected chi connectivity index (χ4v) is 1.93. The lowest BCUT2D eigenvalue weighted by Crippen LogP contribution is -2.28. The fourth-order valence-electron chi connectivity index (χ4n) is 1.93. The van der Waals surface area contributed by atoms with Crippen molar-refractivity contribution in [1.29, 1.82) is 0 Å². The summed E-state index contributed by atoms with van der Waals surface area (Å²) in [5.41, 5.74) is 2.18. The SMILES string of the molecule is CCc1cccc2c1OCC(C(=O)O)C2. The number of para-hydroxylation sites is 1. The molecule has 1 heterocycles. The van der Waals surface area contributed by atoms with Gasteiger partial charge in [-0.1, -0.05) is 25.1 Å². The lowest BCUT2D eigenvalue weighted by molar-refractivity contribution is -0.143. The third-order valence-electron chi connectivity index (χ3n) is 2.80. The number of aryl methyl sites for hydroxylation is 1. The predicted octanol–water partition coefficient (Wildman–Crippen LogP) is 1.88. The second kappa shape index (κ2) is 3.93. The Balaban J connectivity index is 2.31. The Morgan fingerprint density at radius 1 is 1.60 bits per heavy atom. The van der Waals surface area contributed by atoms with Gasteiger partial charge in [-0.2, -0.15) is 0 Å². The summed E-state index contributed by atoms with van der Waals surface area (Å²) in [4.78, 5) is 10.8. The number of fused-ring (bicyclic) bond motifs is 1. The number of hydrogen-bond donors (Lipinski definition) is 1. The van der Waals surface area contributed by atoms with Gasteiger partial charge in [0, 0.05) is 0 Å². The van der Waals surface area contributed by atoms with Crippen molar-refractivity contribution >= 4 is 5.97 Å². The first-order valence-electron chi connectivity index (χ1n) is 5.18. The zero-order valence-electron chi connectivity index (χ0n) is 8.69. The molecule has 3 heteroatoms. The third kappa shape index (κ3) is 1.82. The van der Waals surface area contributed by atoms with Crippen LogP contribution in [0.2, 0.25) is 0 Å². The van der Waals surface area contributed by atoms with Gasteiger partial charge in [0.2, 0.25) is 0 Å². The van der Waals surface area contributed by atoms with Crippen LogP contribution in [0.5, 0.6) is 5.75 Å². The van der Waals surface area contributed by atoms with Crippen molar-refractivity contribution in [3.05, 3.63) is 29.3 Å². The Bertz CT molecular complexity index is 384. The number of carboxylic acid groups (broad SMARTS) is 1. The molecule has 0 saturated carbocycles. The first-order chi connectivity index (χ1) is 7.22. The van der Waals surface area contributed by atoms with E-state index in [2.05, 4.69) is 6.92 Å². The molecule has 0 fully saturated rings. The Kier molecular flexibility index (Phi) is 2.62. The van der Waals surface area contributed by atoms with Crippen molar-refractivity contribution in [1.82, 2.24) is 0 Å². The van der Waals surface area contributed by atoms with Gasteiger partial charge < -0.3 is 9.84 Å². The molecule has 1 aliphatic rings. The van der Waals surface area contributed by atoms with Crippen LogP contribution in [0.15, 0.2) is 18.2 Å². The Morgan fingerprint density at radius 3 is 3.07 bits per heavy atom. The van der Waals surface area contributed by atoms with Crippen LogP contribution in [0.25, 0.3) is 0 Å². The van der Waals surface area contributed by atoms with Crippen molar-refractivity contribution in [2.24, 2.45) is 5.92 Å². The molecule has 0 bridgehead atoms. The molecule has 1 N–H and O–H groups in total. The predicted molar refractivity (Wildman–Crippen MR) is 56.1 cm³/mol. The third-order valence-corrected chi connectivity index (χ3v) is 2.80. The van der Waals surface area contributed by atoms with Gasteiger partial charge in [0.15, 0.2) is 0 Å². The maximum Gasteiger partial charge on any atom is 0.310 e. The van der Waals surface area contributed by atoms with Gasteiger partial charge in [-0.05, 0) is 24.0 Å². The minimum atomic E-state index is -0.775. The van der Waals surface area contributed by atoms with Gasteiger partial charge in [-0.15, -0.1) is 0 Å². The Hall–Kier alpha value is -1.51. The van der Waals surface area contributed by atoms with Crippen LogP contribution in [-0.4, -0.2) is 17.7 Å². The molecule has 0 saturated heterocycles. The summed E-state index contributed by atoms with van der Waals surface area (Å²) in [5.74, 6) is -0.273. The average Bonchev–Trinajstić information content (AvgIpc) is 2.27. The normalized spacial score (nSPS) is 19.1. The highest BCUT2D eigenvalue weighted by atomic mass is 16.5. The summed E-state index contributed by atoms with van der Waals surface area (Å²) in [6.45, 7) is 2.36. The minimum Gasteiger partial charge on any atom is -0.492 e. The number of ether oxygens (including phenoxy) is 1. The first kappa shape index (κ1) is 10.0. The molecule has 1 aromatic rings. The van der Waals surface area contributed by atoms with Crippen LogP contribution in [0.1, 0.15) is 18.1 Å². The van der Waals surface area contributed by atoms with Gasteiger partial charge in [0.1, 0.15) is 12.4 Å². The van der Waals surface area contributed by atoms with Crippen molar-refractivity contribution in [2.45, 2.75) is 19.8 Å². The summed E-state index contributed by atoms with van der Waals surface area (Å²) < 4.78 is 5.54. The molecule has 0 aromatic heterocycles. The number of hydrogen-bond acceptors (Lipinski definition) is 2. The second-order valence-electron chi connectivity index (χ2n) is 3.81. The largest absolute Gasteiger partial charge is 0.492 e. The van der Waals surface area contributed by atoms with Crippen molar-refractivity contribution in [3.8, 4) is 5.75 Å². The van der Waals surface area contributed by atoms with Gasteiger partial charge in [-0.25, -0.2) is 0 Å². The number of rotatable bonds is 2. The highest BCUT2D eigenvalue weighted by Crippen LogP contribution is 2.31. The summed E-state index contributed by atoms with van der Waals surface area (Å²) in [5, 5.41) is 8.91. The lowest BCUT2D eigenvalue weighted by Gasteiger charge is -2.24. The summed E-state index contributed by atoms with van der Waals surface area (Å²) in [7, 11) is 0. The quantitative estimate of drug-likeness (QED) is 0.803. The maximum atomic E-state index is 10.8. The average molecular weight is 206 g/mol. The number of aliphatic carboxylic acids is 1. The molecule has 0 aliphatic carbocycles. The van der Waals surface area contributed by atoms with Crippen molar-refractivity contribution in [3.63, 3.8) is 0 Å².